The Morgan fingerprint density at radius 1 is 1.00 bits per heavy atom. The van der Waals surface area contributed by atoms with Crippen molar-refractivity contribution in [3.8, 4) is 0 Å². The summed E-state index contributed by atoms with van der Waals surface area (Å²) in [5, 5.41) is 42.5. The molecule has 49 heavy (non-hydrogen) atoms. The van der Waals surface area contributed by atoms with Crippen LogP contribution in [0.1, 0.15) is 29.0 Å². The summed E-state index contributed by atoms with van der Waals surface area (Å²) in [7, 11) is -10.6. The predicted molar refractivity (Wildman–Crippen MR) is 161 cm³/mol. The summed E-state index contributed by atoms with van der Waals surface area (Å²) in [6, 6.07) is 2.22. The average Bonchev–Trinajstić information content (AvgIpc) is 3.72. The smallest absolute Gasteiger partial charge is 0.390 e. The van der Waals surface area contributed by atoms with Gasteiger partial charge in [-0.25, -0.2) is 24.1 Å². The van der Waals surface area contributed by atoms with Crippen molar-refractivity contribution in [3.63, 3.8) is 0 Å². The number of imidazole rings is 1. The molecule has 10 atom stereocenters. The van der Waals surface area contributed by atoms with E-state index in [4.69, 9.17) is 24.3 Å². The van der Waals surface area contributed by atoms with Crippen LogP contribution in [0.2, 0.25) is 0 Å². The van der Waals surface area contributed by atoms with Gasteiger partial charge in [0.1, 0.15) is 36.3 Å². The molecular formula is C26H36N7O14P2+. The normalized spacial score (nSPS) is 31.5. The number of nitrogens with two attached hydrogens (primary N) is 1. The second-order valence-electron chi connectivity index (χ2n) is 11.7. The maximum Gasteiger partial charge on any atom is 0.481 e. The number of phosphoric acid groups is 2. The SMILES string of the molecule is NC(=O)c1ccc[n+]([C@@H]2C[C@H](COP(=O)(O)OP(=O)(O)OC[C@@H]3O[C@H](n4cnc5c(N6CCOCC6)ncnc54)[C@@H](O)[C@H]3O)[C@@H](O)[C@H]2O)c1. The van der Waals surface area contributed by atoms with E-state index in [-0.39, 0.29) is 17.6 Å². The van der Waals surface area contributed by atoms with Gasteiger partial charge in [0, 0.05) is 31.5 Å². The number of nitrogens with zero attached hydrogens (tertiary/aromatic N) is 6. The first kappa shape index (κ1) is 35.8. The van der Waals surface area contributed by atoms with Crippen LogP contribution < -0.4 is 15.2 Å². The molecule has 1 aliphatic carbocycles. The van der Waals surface area contributed by atoms with Gasteiger partial charge < -0.3 is 50.3 Å². The van der Waals surface area contributed by atoms with Crippen LogP contribution in [0.5, 0.6) is 0 Å². The number of primary amides is 1. The molecule has 0 aromatic carbocycles. The number of ether oxygens (including phenoxy) is 2. The van der Waals surface area contributed by atoms with Crippen molar-refractivity contribution in [2.45, 2.75) is 49.2 Å². The molecule has 0 spiro atoms. The largest absolute Gasteiger partial charge is 0.481 e. The Morgan fingerprint density at radius 2 is 1.71 bits per heavy atom. The summed E-state index contributed by atoms with van der Waals surface area (Å²) < 4.78 is 53.2. The van der Waals surface area contributed by atoms with Crippen molar-refractivity contribution in [2.75, 3.05) is 44.4 Å². The number of pyridine rings is 1. The van der Waals surface area contributed by atoms with Crippen molar-refractivity contribution >= 4 is 38.5 Å². The number of amides is 1. The van der Waals surface area contributed by atoms with E-state index in [1.807, 2.05) is 4.90 Å². The molecule has 1 amide bonds. The third-order valence-corrected chi connectivity index (χ3v) is 11.2. The standard InChI is InChI=1S/C26H35N7O14P2/c27-23(38)14-2-1-3-32(9-14)16-8-15(19(34)20(16)35)10-44-48(39,40)47-49(41,42)45-11-17-21(36)22(37)26(46-17)33-13-30-18-24(28-12-29-25(18)33)31-4-6-43-7-5-31/h1-3,9,12-13,15-17,19-22,26,34-37H,4-8,10-11H2,(H3-,27,38,39,40,41,42)/p+1/t15-,16-,17+,19-,20+,21+,22+,26+/m1/s1. The highest BCUT2D eigenvalue weighted by atomic mass is 31.3. The Morgan fingerprint density at radius 3 is 2.43 bits per heavy atom. The molecule has 2 unspecified atom stereocenters. The lowest BCUT2D eigenvalue weighted by Crippen LogP contribution is -2.45. The zero-order valence-electron chi connectivity index (χ0n) is 25.6. The van der Waals surface area contributed by atoms with E-state index in [1.54, 1.807) is 0 Å². The number of aliphatic hydroxyl groups excluding tert-OH is 4. The molecule has 3 aromatic rings. The summed E-state index contributed by atoms with van der Waals surface area (Å²) in [4.78, 5) is 46.7. The fourth-order valence-electron chi connectivity index (χ4n) is 6.07. The lowest BCUT2D eigenvalue weighted by Gasteiger charge is -2.27. The van der Waals surface area contributed by atoms with Gasteiger partial charge in [-0.05, 0) is 6.07 Å². The Bertz CT molecular complexity index is 1760. The van der Waals surface area contributed by atoms with Crippen molar-refractivity contribution < 1.29 is 71.5 Å². The van der Waals surface area contributed by atoms with Gasteiger partial charge >= 0.3 is 15.6 Å². The zero-order chi connectivity index (χ0) is 35.1. The van der Waals surface area contributed by atoms with Crippen LogP contribution in [0.3, 0.4) is 0 Å². The van der Waals surface area contributed by atoms with Crippen LogP contribution >= 0.6 is 15.6 Å². The third-order valence-electron chi connectivity index (χ3n) is 8.58. The fourth-order valence-corrected chi connectivity index (χ4v) is 8.20. The highest BCUT2D eigenvalue weighted by molar-refractivity contribution is 7.61. The van der Waals surface area contributed by atoms with Crippen LogP contribution in [0.4, 0.5) is 5.82 Å². The third kappa shape index (κ3) is 7.69. The summed E-state index contributed by atoms with van der Waals surface area (Å²) in [6.45, 7) is 0.630. The molecule has 2 saturated heterocycles. The van der Waals surface area contributed by atoms with E-state index in [0.717, 1.165) is 0 Å². The van der Waals surface area contributed by atoms with E-state index in [9.17, 15) is 44.1 Å². The van der Waals surface area contributed by atoms with Crippen molar-refractivity contribution in [1.82, 2.24) is 19.5 Å². The first-order valence-electron chi connectivity index (χ1n) is 15.1. The Labute approximate surface area is 277 Å². The number of aromatic nitrogens is 5. The number of hydrogen-bond acceptors (Lipinski definition) is 16. The van der Waals surface area contributed by atoms with Crippen molar-refractivity contribution in [1.29, 1.82) is 0 Å². The van der Waals surface area contributed by atoms with Gasteiger partial charge in [-0.3, -0.25) is 18.4 Å². The summed E-state index contributed by atoms with van der Waals surface area (Å²) in [5.74, 6) is -1.09. The zero-order valence-corrected chi connectivity index (χ0v) is 27.4. The molecule has 5 heterocycles. The minimum absolute atomic E-state index is 0.0235. The number of fused-ring (bicyclic) bond motifs is 1. The molecule has 0 bridgehead atoms. The molecule has 2 aliphatic heterocycles. The Hall–Kier alpha value is -3.01. The summed E-state index contributed by atoms with van der Waals surface area (Å²) >= 11 is 0. The van der Waals surface area contributed by atoms with Gasteiger partial charge in [-0.2, -0.15) is 8.88 Å². The highest BCUT2D eigenvalue weighted by Crippen LogP contribution is 2.61. The Kier molecular flexibility index (Phi) is 10.5. The monoisotopic (exact) mass is 732 g/mol. The summed E-state index contributed by atoms with van der Waals surface area (Å²) in [6.07, 6.45) is -3.04. The summed E-state index contributed by atoms with van der Waals surface area (Å²) in [5.41, 5.74) is 6.15. The number of phosphoric ester groups is 2. The maximum atomic E-state index is 12.6. The van der Waals surface area contributed by atoms with Gasteiger partial charge in [0.25, 0.3) is 5.91 Å². The quantitative estimate of drug-likeness (QED) is 0.0775. The molecule has 3 fully saturated rings. The highest BCUT2D eigenvalue weighted by Gasteiger charge is 2.49. The molecule has 21 nitrogen and oxygen atoms in total. The van der Waals surface area contributed by atoms with Crippen LogP contribution in [0, 0.1) is 5.92 Å². The first-order chi connectivity index (χ1) is 23.2. The van der Waals surface area contributed by atoms with E-state index in [0.29, 0.717) is 37.6 Å². The minimum atomic E-state index is -5.34. The predicted octanol–water partition coefficient (Wildman–Crippen LogP) is -2.10. The molecular weight excluding hydrogens is 696 g/mol. The molecule has 6 rings (SSSR count). The number of morpholine rings is 1. The minimum Gasteiger partial charge on any atom is -0.390 e. The van der Waals surface area contributed by atoms with Crippen LogP contribution in [-0.4, -0.2) is 126 Å². The van der Waals surface area contributed by atoms with Gasteiger partial charge in [0.2, 0.25) is 0 Å². The van der Waals surface area contributed by atoms with Crippen molar-refractivity contribution in [3.05, 3.63) is 42.7 Å². The van der Waals surface area contributed by atoms with E-state index < -0.39 is 83.5 Å². The number of rotatable bonds is 12. The molecule has 3 aliphatic rings. The fraction of sp³-hybridized carbons (Fsp3) is 0.577. The number of carbonyl (C=O) groups is 1. The lowest BCUT2D eigenvalue weighted by molar-refractivity contribution is -0.728. The molecule has 8 N–H and O–H groups in total. The number of carbonyl (C=O) groups excluding carboxylic acids is 1. The maximum absolute atomic E-state index is 12.6. The Balaban J connectivity index is 1.04. The second-order valence-corrected chi connectivity index (χ2v) is 14.8. The van der Waals surface area contributed by atoms with E-state index in [1.165, 1.54) is 46.3 Å². The molecule has 268 valence electrons. The molecule has 3 aromatic heterocycles. The van der Waals surface area contributed by atoms with E-state index in [2.05, 4.69) is 19.3 Å². The van der Waals surface area contributed by atoms with E-state index >= 15 is 0 Å². The number of anilines is 1. The van der Waals surface area contributed by atoms with Crippen LogP contribution in [0.15, 0.2) is 37.2 Å². The van der Waals surface area contributed by atoms with Crippen LogP contribution in [0.25, 0.3) is 11.2 Å². The topological polar surface area (TPSA) is 295 Å². The van der Waals surface area contributed by atoms with Gasteiger partial charge in [0.05, 0.1) is 38.9 Å². The molecule has 0 radical (unpaired) electrons. The number of aliphatic hydroxyl groups is 4. The average molecular weight is 733 g/mol. The lowest BCUT2D eigenvalue weighted by atomic mass is 10.1. The molecule has 23 heteroatoms. The second kappa shape index (κ2) is 14.3. The van der Waals surface area contributed by atoms with Crippen LogP contribution in [-0.2, 0) is 32.0 Å². The first-order valence-corrected chi connectivity index (χ1v) is 18.1. The number of hydrogen-bond donors (Lipinski definition) is 7. The van der Waals surface area contributed by atoms with Gasteiger partial charge in [-0.15, -0.1) is 0 Å². The van der Waals surface area contributed by atoms with Crippen molar-refractivity contribution in [2.24, 2.45) is 11.7 Å². The molecule has 1 saturated carbocycles. The van der Waals surface area contributed by atoms with Gasteiger partial charge in [0.15, 0.2) is 41.6 Å². The van der Waals surface area contributed by atoms with Gasteiger partial charge in [-0.1, -0.05) is 0 Å².